The first-order valence-corrected chi connectivity index (χ1v) is 10.00. The summed E-state index contributed by atoms with van der Waals surface area (Å²) in [7, 11) is 0. The highest BCUT2D eigenvalue weighted by molar-refractivity contribution is 14.0. The van der Waals surface area contributed by atoms with E-state index in [1.54, 1.807) is 11.3 Å². The van der Waals surface area contributed by atoms with E-state index in [9.17, 15) is 0 Å². The summed E-state index contributed by atoms with van der Waals surface area (Å²) in [4.78, 5) is 13.1. The van der Waals surface area contributed by atoms with Gasteiger partial charge >= 0.3 is 0 Å². The molecule has 1 aliphatic heterocycles. The van der Waals surface area contributed by atoms with Crippen LogP contribution in [0, 0.1) is 19.8 Å². The van der Waals surface area contributed by atoms with Gasteiger partial charge in [0.15, 0.2) is 5.96 Å². The largest absolute Gasteiger partial charge is 0.357 e. The Kier molecular flexibility index (Phi) is 10.3. The summed E-state index contributed by atoms with van der Waals surface area (Å²) in [6.45, 7) is 15.8. The monoisotopic (exact) mass is 479 g/mol. The first kappa shape index (κ1) is 22.6. The second-order valence-electron chi connectivity index (χ2n) is 6.91. The van der Waals surface area contributed by atoms with E-state index in [4.69, 9.17) is 4.99 Å². The number of halogens is 1. The summed E-state index contributed by atoms with van der Waals surface area (Å²) in [5.41, 5.74) is 1.10. The average molecular weight is 479 g/mol. The molecule has 0 saturated carbocycles. The van der Waals surface area contributed by atoms with Gasteiger partial charge in [-0.3, -0.25) is 4.90 Å². The van der Waals surface area contributed by atoms with E-state index in [1.807, 2.05) is 0 Å². The third-order valence-corrected chi connectivity index (χ3v) is 5.66. The summed E-state index contributed by atoms with van der Waals surface area (Å²) in [5, 5.41) is 7.98. The molecule has 2 heterocycles. The number of aliphatic imine (C=N–C) groups is 1. The lowest BCUT2D eigenvalue weighted by Crippen LogP contribution is -2.48. The third kappa shape index (κ3) is 7.38. The molecule has 144 valence electrons. The molecular weight excluding hydrogens is 445 g/mol. The number of hydrogen-bond acceptors (Lipinski definition) is 4. The van der Waals surface area contributed by atoms with Crippen molar-refractivity contribution >= 4 is 41.3 Å². The van der Waals surface area contributed by atoms with Gasteiger partial charge in [0, 0.05) is 30.6 Å². The molecule has 7 heteroatoms. The van der Waals surface area contributed by atoms with Crippen LogP contribution in [0.15, 0.2) is 4.99 Å². The lowest BCUT2D eigenvalue weighted by atomic mass is 9.99. The number of nitrogens with zero attached hydrogens (tertiary/aromatic N) is 3. The van der Waals surface area contributed by atoms with Gasteiger partial charge in [-0.1, -0.05) is 6.92 Å². The van der Waals surface area contributed by atoms with Crippen LogP contribution in [0.4, 0.5) is 0 Å². The topological polar surface area (TPSA) is 52.6 Å². The van der Waals surface area contributed by atoms with E-state index >= 15 is 0 Å². The number of guanidine groups is 1. The van der Waals surface area contributed by atoms with E-state index in [2.05, 4.69) is 55.1 Å². The van der Waals surface area contributed by atoms with Crippen LogP contribution in [0.3, 0.4) is 0 Å². The molecule has 2 unspecified atom stereocenters. The summed E-state index contributed by atoms with van der Waals surface area (Å²) in [6, 6.07) is 0.531. The van der Waals surface area contributed by atoms with Gasteiger partial charge in [0.2, 0.25) is 0 Å². The van der Waals surface area contributed by atoms with Gasteiger partial charge in [-0.15, -0.1) is 35.3 Å². The molecule has 0 amide bonds. The van der Waals surface area contributed by atoms with Crippen molar-refractivity contribution in [1.82, 2.24) is 20.5 Å². The zero-order valence-electron chi connectivity index (χ0n) is 16.3. The highest BCUT2D eigenvalue weighted by atomic mass is 127. The second kappa shape index (κ2) is 11.3. The molecule has 2 rings (SSSR count). The van der Waals surface area contributed by atoms with Gasteiger partial charge in [0.25, 0.3) is 0 Å². The smallest absolute Gasteiger partial charge is 0.191 e. The molecule has 0 radical (unpaired) electrons. The maximum atomic E-state index is 4.74. The van der Waals surface area contributed by atoms with Crippen molar-refractivity contribution in [2.24, 2.45) is 10.9 Å². The molecule has 1 aromatic rings. The Balaban J connectivity index is 0.00000312. The van der Waals surface area contributed by atoms with Crippen LogP contribution in [0.5, 0.6) is 0 Å². The Hall–Kier alpha value is -0.410. The summed E-state index contributed by atoms with van der Waals surface area (Å²) in [6.07, 6.45) is 2.69. The normalized spacial score (nSPS) is 20.0. The fourth-order valence-electron chi connectivity index (χ4n) is 3.21. The fourth-order valence-corrected chi connectivity index (χ4v) is 4.07. The molecule has 5 nitrogen and oxygen atoms in total. The summed E-state index contributed by atoms with van der Waals surface area (Å²) < 4.78 is 0. The first-order chi connectivity index (χ1) is 11.5. The van der Waals surface area contributed by atoms with Gasteiger partial charge in [0.05, 0.1) is 17.2 Å². The first-order valence-electron chi connectivity index (χ1n) is 9.18. The zero-order valence-corrected chi connectivity index (χ0v) is 19.4. The Morgan fingerprint density at radius 1 is 1.40 bits per heavy atom. The third-order valence-electron chi connectivity index (χ3n) is 4.60. The average Bonchev–Trinajstić information content (AvgIpc) is 2.87. The number of aromatic nitrogens is 1. The highest BCUT2D eigenvalue weighted by Gasteiger charge is 2.20. The Morgan fingerprint density at radius 3 is 2.76 bits per heavy atom. The molecule has 1 aromatic heterocycles. The SMILES string of the molecule is CCNC(=NCc1sc(C)nc1C)NCC(C)N1CCCC(C)C1.I. The lowest BCUT2D eigenvalue weighted by Gasteiger charge is -2.35. The summed E-state index contributed by atoms with van der Waals surface area (Å²) in [5.74, 6) is 1.72. The number of piperidine rings is 1. The minimum absolute atomic E-state index is 0. The van der Waals surface area contributed by atoms with E-state index in [1.165, 1.54) is 30.8 Å². The van der Waals surface area contributed by atoms with Crippen molar-refractivity contribution in [2.75, 3.05) is 26.2 Å². The van der Waals surface area contributed by atoms with Crippen LogP contribution in [0.2, 0.25) is 0 Å². The number of rotatable bonds is 6. The minimum Gasteiger partial charge on any atom is -0.357 e. The van der Waals surface area contributed by atoms with Gasteiger partial charge in [-0.2, -0.15) is 0 Å². The highest BCUT2D eigenvalue weighted by Crippen LogP contribution is 2.18. The van der Waals surface area contributed by atoms with Crippen LogP contribution in [0.1, 0.15) is 49.2 Å². The number of likely N-dealkylation sites (tertiary alicyclic amines) is 1. The fraction of sp³-hybridized carbons (Fsp3) is 0.778. The van der Waals surface area contributed by atoms with Crippen LogP contribution in [-0.4, -0.2) is 48.1 Å². The Bertz CT molecular complexity index is 546. The van der Waals surface area contributed by atoms with Gasteiger partial charge in [-0.25, -0.2) is 9.98 Å². The lowest BCUT2D eigenvalue weighted by molar-refractivity contribution is 0.139. The molecule has 25 heavy (non-hydrogen) atoms. The minimum atomic E-state index is 0. The predicted octanol–water partition coefficient (Wildman–Crippen LogP) is 3.55. The van der Waals surface area contributed by atoms with Crippen molar-refractivity contribution in [3.8, 4) is 0 Å². The molecular formula is C18H34IN5S. The van der Waals surface area contributed by atoms with Crippen LogP contribution < -0.4 is 10.6 Å². The molecule has 1 fully saturated rings. The molecule has 0 aromatic carbocycles. The molecule has 0 bridgehead atoms. The van der Waals surface area contributed by atoms with Gasteiger partial charge in [0.1, 0.15) is 0 Å². The quantitative estimate of drug-likeness (QED) is 0.372. The van der Waals surface area contributed by atoms with Crippen molar-refractivity contribution in [3.63, 3.8) is 0 Å². The summed E-state index contributed by atoms with van der Waals surface area (Å²) >= 11 is 1.74. The van der Waals surface area contributed by atoms with E-state index in [0.29, 0.717) is 12.6 Å². The van der Waals surface area contributed by atoms with Crippen molar-refractivity contribution in [3.05, 3.63) is 15.6 Å². The number of hydrogen-bond donors (Lipinski definition) is 2. The molecule has 1 aliphatic rings. The number of nitrogens with one attached hydrogen (secondary N) is 2. The van der Waals surface area contributed by atoms with Crippen molar-refractivity contribution < 1.29 is 0 Å². The van der Waals surface area contributed by atoms with Gasteiger partial charge < -0.3 is 10.6 Å². The Labute approximate surface area is 174 Å². The predicted molar refractivity (Wildman–Crippen MR) is 119 cm³/mol. The van der Waals surface area contributed by atoms with E-state index in [0.717, 1.165) is 35.7 Å². The van der Waals surface area contributed by atoms with Crippen molar-refractivity contribution in [2.45, 2.75) is 60.0 Å². The number of aryl methyl sites for hydroxylation is 2. The number of thiazole rings is 1. The second-order valence-corrected chi connectivity index (χ2v) is 8.20. The molecule has 0 spiro atoms. The van der Waals surface area contributed by atoms with Crippen LogP contribution in [0.25, 0.3) is 0 Å². The van der Waals surface area contributed by atoms with E-state index in [-0.39, 0.29) is 24.0 Å². The zero-order chi connectivity index (χ0) is 17.5. The van der Waals surface area contributed by atoms with Crippen LogP contribution in [-0.2, 0) is 6.54 Å². The van der Waals surface area contributed by atoms with Crippen LogP contribution >= 0.6 is 35.3 Å². The standard InChI is InChI=1S/C18H33N5S.HI/c1-6-19-18(21-11-17-15(4)22-16(5)24-17)20-10-14(3)23-9-7-8-13(2)12-23;/h13-14H,6-12H2,1-5H3,(H2,19,20,21);1H. The molecule has 2 atom stereocenters. The van der Waals surface area contributed by atoms with Crippen molar-refractivity contribution in [1.29, 1.82) is 0 Å². The molecule has 2 N–H and O–H groups in total. The van der Waals surface area contributed by atoms with E-state index < -0.39 is 0 Å². The van der Waals surface area contributed by atoms with Gasteiger partial charge in [-0.05, 0) is 53.0 Å². The Morgan fingerprint density at radius 2 is 2.16 bits per heavy atom. The maximum Gasteiger partial charge on any atom is 0.191 e. The maximum absolute atomic E-state index is 4.74. The molecule has 0 aliphatic carbocycles. The molecule has 1 saturated heterocycles.